The van der Waals surface area contributed by atoms with Crippen LogP contribution in [0, 0.1) is 0 Å². The molecule has 0 aliphatic carbocycles. The van der Waals surface area contributed by atoms with E-state index < -0.39 is 0 Å². The number of hydrogen-bond donors (Lipinski definition) is 2. The summed E-state index contributed by atoms with van der Waals surface area (Å²) in [4.78, 5) is 35.6. The van der Waals surface area contributed by atoms with Gasteiger partial charge in [-0.2, -0.15) is 0 Å². The number of amides is 1. The molecule has 0 atom stereocenters. The molecule has 8 nitrogen and oxygen atoms in total. The first-order valence-electron chi connectivity index (χ1n) is 9.42. The van der Waals surface area contributed by atoms with E-state index in [0.717, 1.165) is 21.9 Å². The van der Waals surface area contributed by atoms with E-state index in [-0.39, 0.29) is 11.7 Å². The summed E-state index contributed by atoms with van der Waals surface area (Å²) in [6, 6.07) is 7.54. The van der Waals surface area contributed by atoms with Gasteiger partial charge in [-0.1, -0.05) is 0 Å². The summed E-state index contributed by atoms with van der Waals surface area (Å²) >= 11 is 1.47. The Balaban J connectivity index is 1.54. The summed E-state index contributed by atoms with van der Waals surface area (Å²) in [6.07, 6.45) is 0.310. The predicted molar refractivity (Wildman–Crippen MR) is 112 cm³/mol. The molecule has 3 heterocycles. The first-order chi connectivity index (χ1) is 14.1. The van der Waals surface area contributed by atoms with Crippen LogP contribution in [0.4, 0.5) is 10.5 Å². The van der Waals surface area contributed by atoms with E-state index in [1.807, 2.05) is 24.3 Å². The summed E-state index contributed by atoms with van der Waals surface area (Å²) in [7, 11) is 1.62. The molecule has 0 fully saturated rings. The molecular formula is C20H22N4O4S. The van der Waals surface area contributed by atoms with Gasteiger partial charge >= 0.3 is 6.09 Å². The van der Waals surface area contributed by atoms with Crippen molar-refractivity contribution < 1.29 is 14.3 Å². The van der Waals surface area contributed by atoms with E-state index >= 15 is 0 Å². The number of carbonyl (C=O) groups is 1. The summed E-state index contributed by atoms with van der Waals surface area (Å²) in [5.41, 5.74) is 1.77. The van der Waals surface area contributed by atoms with Crippen LogP contribution in [-0.4, -0.2) is 41.2 Å². The lowest BCUT2D eigenvalue weighted by Crippen LogP contribution is -2.36. The van der Waals surface area contributed by atoms with Gasteiger partial charge in [0.05, 0.1) is 32.2 Å². The van der Waals surface area contributed by atoms with Gasteiger partial charge in [-0.3, -0.25) is 4.79 Å². The van der Waals surface area contributed by atoms with E-state index in [0.29, 0.717) is 48.7 Å². The first-order valence-corrected chi connectivity index (χ1v) is 10.2. The average molecular weight is 414 g/mol. The third kappa shape index (κ3) is 3.91. The van der Waals surface area contributed by atoms with Crippen LogP contribution in [0.15, 0.2) is 29.1 Å². The lowest BCUT2D eigenvalue weighted by molar-refractivity contribution is 0.103. The van der Waals surface area contributed by atoms with E-state index in [1.54, 1.807) is 18.9 Å². The van der Waals surface area contributed by atoms with Crippen LogP contribution in [-0.2, 0) is 24.2 Å². The maximum absolute atomic E-state index is 12.7. The topological polar surface area (TPSA) is 96.5 Å². The number of aromatic amines is 1. The van der Waals surface area contributed by atoms with Gasteiger partial charge in [0.1, 0.15) is 16.4 Å². The number of aromatic nitrogens is 2. The number of fused-ring (bicyclic) bond motifs is 3. The zero-order valence-corrected chi connectivity index (χ0v) is 17.1. The van der Waals surface area contributed by atoms with Gasteiger partial charge in [-0.05, 0) is 43.2 Å². The van der Waals surface area contributed by atoms with Crippen LogP contribution in [0.5, 0.6) is 5.75 Å². The van der Waals surface area contributed by atoms with Crippen molar-refractivity contribution in [2.24, 2.45) is 0 Å². The monoisotopic (exact) mass is 414 g/mol. The highest BCUT2D eigenvalue weighted by atomic mass is 32.1. The molecule has 29 heavy (non-hydrogen) atoms. The molecule has 2 aromatic heterocycles. The Labute approximate surface area is 171 Å². The van der Waals surface area contributed by atoms with Gasteiger partial charge < -0.3 is 24.7 Å². The number of nitrogens with one attached hydrogen (secondary N) is 2. The number of hydrogen-bond acceptors (Lipinski definition) is 7. The van der Waals surface area contributed by atoms with Crippen molar-refractivity contribution in [3.05, 3.63) is 50.9 Å². The van der Waals surface area contributed by atoms with Gasteiger partial charge in [0.15, 0.2) is 0 Å². The molecule has 0 bridgehead atoms. The molecule has 1 aliphatic rings. The Morgan fingerprint density at radius 1 is 1.34 bits per heavy atom. The third-order valence-corrected chi connectivity index (χ3v) is 5.95. The summed E-state index contributed by atoms with van der Waals surface area (Å²) in [5, 5.41) is 3.89. The number of benzene rings is 1. The third-order valence-electron chi connectivity index (χ3n) is 4.84. The molecular weight excluding hydrogens is 392 g/mol. The molecule has 4 rings (SSSR count). The van der Waals surface area contributed by atoms with Gasteiger partial charge in [-0.25, -0.2) is 9.78 Å². The highest BCUT2D eigenvalue weighted by molar-refractivity contribution is 7.18. The van der Waals surface area contributed by atoms with Crippen molar-refractivity contribution in [2.75, 3.05) is 25.6 Å². The van der Waals surface area contributed by atoms with Crippen LogP contribution < -0.4 is 15.6 Å². The maximum Gasteiger partial charge on any atom is 0.410 e. The summed E-state index contributed by atoms with van der Waals surface area (Å²) in [6.45, 7) is 3.53. The van der Waals surface area contributed by atoms with Gasteiger partial charge in [0.25, 0.3) is 5.56 Å². The maximum atomic E-state index is 12.7. The van der Waals surface area contributed by atoms with Crippen molar-refractivity contribution >= 4 is 33.3 Å². The molecule has 1 aliphatic heterocycles. The average Bonchev–Trinajstić information content (AvgIpc) is 3.10. The first kappa shape index (κ1) is 19.3. The number of anilines is 1. The number of carbonyl (C=O) groups excluding carboxylic acids is 1. The SMILES string of the molecule is CCOC(=O)N1CCc2c(sc3nc(CNc4ccc(OC)cc4)[nH]c(=O)c23)C1. The number of nitrogens with zero attached hydrogens (tertiary/aromatic N) is 2. The zero-order valence-electron chi connectivity index (χ0n) is 16.3. The second kappa shape index (κ2) is 8.12. The quantitative estimate of drug-likeness (QED) is 0.666. The smallest absolute Gasteiger partial charge is 0.410 e. The van der Waals surface area contributed by atoms with Gasteiger partial charge in [0.2, 0.25) is 0 Å². The largest absolute Gasteiger partial charge is 0.497 e. The normalized spacial score (nSPS) is 13.2. The Hall–Kier alpha value is -3.07. The molecule has 0 radical (unpaired) electrons. The second-order valence-corrected chi connectivity index (χ2v) is 7.73. The minimum atomic E-state index is -0.318. The molecule has 3 aromatic rings. The fourth-order valence-corrected chi connectivity index (χ4v) is 4.65. The Morgan fingerprint density at radius 3 is 2.86 bits per heavy atom. The van der Waals surface area contributed by atoms with Crippen LogP contribution in [0.3, 0.4) is 0 Å². The Kier molecular flexibility index (Phi) is 5.39. The van der Waals surface area contributed by atoms with Crippen molar-refractivity contribution in [1.82, 2.24) is 14.9 Å². The Bertz CT molecular complexity index is 1090. The van der Waals surface area contributed by atoms with Crippen LogP contribution >= 0.6 is 11.3 Å². The number of methoxy groups -OCH3 is 1. The second-order valence-electron chi connectivity index (χ2n) is 6.65. The van der Waals surface area contributed by atoms with Crippen molar-refractivity contribution in [1.29, 1.82) is 0 Å². The van der Waals surface area contributed by atoms with Crippen LogP contribution in [0.2, 0.25) is 0 Å². The molecule has 9 heteroatoms. The fraction of sp³-hybridized carbons (Fsp3) is 0.350. The van der Waals surface area contributed by atoms with Crippen LogP contribution in [0.25, 0.3) is 10.2 Å². The number of H-pyrrole nitrogens is 1. The standard InChI is InChI=1S/C20H22N4O4S/c1-3-28-20(26)24-9-8-14-15(11-24)29-19-17(14)18(25)22-16(23-19)10-21-12-4-6-13(27-2)7-5-12/h4-7,21H,3,8-11H2,1-2H3,(H,22,23,25). The van der Waals surface area contributed by atoms with E-state index in [1.165, 1.54) is 11.3 Å². The van der Waals surface area contributed by atoms with Gasteiger partial charge in [0, 0.05) is 17.1 Å². The van der Waals surface area contributed by atoms with E-state index in [2.05, 4.69) is 15.3 Å². The number of rotatable bonds is 5. The van der Waals surface area contributed by atoms with Gasteiger partial charge in [-0.15, -0.1) is 11.3 Å². The van der Waals surface area contributed by atoms with Crippen molar-refractivity contribution in [2.45, 2.75) is 26.4 Å². The summed E-state index contributed by atoms with van der Waals surface area (Å²) in [5.74, 6) is 1.35. The molecule has 0 saturated carbocycles. The van der Waals surface area contributed by atoms with Crippen LogP contribution in [0.1, 0.15) is 23.2 Å². The molecule has 0 spiro atoms. The summed E-state index contributed by atoms with van der Waals surface area (Å²) < 4.78 is 10.2. The lowest BCUT2D eigenvalue weighted by Gasteiger charge is -2.25. The minimum absolute atomic E-state index is 0.136. The molecule has 1 amide bonds. The molecule has 152 valence electrons. The minimum Gasteiger partial charge on any atom is -0.497 e. The van der Waals surface area contributed by atoms with Crippen molar-refractivity contribution in [3.63, 3.8) is 0 Å². The molecule has 1 aromatic carbocycles. The Morgan fingerprint density at radius 2 is 2.14 bits per heavy atom. The van der Waals surface area contributed by atoms with E-state index in [9.17, 15) is 9.59 Å². The zero-order chi connectivity index (χ0) is 20.4. The lowest BCUT2D eigenvalue weighted by atomic mass is 10.1. The molecule has 0 unspecified atom stereocenters. The van der Waals surface area contributed by atoms with E-state index in [4.69, 9.17) is 9.47 Å². The molecule has 0 saturated heterocycles. The fourth-order valence-electron chi connectivity index (χ4n) is 3.40. The highest BCUT2D eigenvalue weighted by Crippen LogP contribution is 2.32. The predicted octanol–water partition coefficient (Wildman–Crippen LogP) is 3.12. The highest BCUT2D eigenvalue weighted by Gasteiger charge is 2.26. The molecule has 2 N–H and O–H groups in total. The van der Waals surface area contributed by atoms with Crippen molar-refractivity contribution in [3.8, 4) is 5.75 Å². The number of ether oxygens (including phenoxy) is 2. The number of thiophene rings is 1.